The molecule has 0 aliphatic carbocycles. The predicted octanol–water partition coefficient (Wildman–Crippen LogP) is 2.04. The second-order valence-electron chi connectivity index (χ2n) is 7.34. The number of hydrogen-bond acceptors (Lipinski definition) is 4. The first-order valence-electron chi connectivity index (χ1n) is 9.43. The number of hydrogen-bond donors (Lipinski definition) is 0. The Hall–Kier alpha value is -2.74. The Morgan fingerprint density at radius 3 is 2.79 bits per heavy atom. The van der Waals surface area contributed by atoms with Gasteiger partial charge in [0.15, 0.2) is 0 Å². The van der Waals surface area contributed by atoms with Crippen LogP contribution >= 0.6 is 0 Å². The number of benzene rings is 1. The molecule has 0 N–H and O–H groups in total. The molecule has 28 heavy (non-hydrogen) atoms. The van der Waals surface area contributed by atoms with Gasteiger partial charge in [0, 0.05) is 31.8 Å². The zero-order chi connectivity index (χ0) is 19.7. The molecule has 148 valence electrons. The fourth-order valence-corrected chi connectivity index (χ4v) is 4.19. The van der Waals surface area contributed by atoms with Gasteiger partial charge in [-0.1, -0.05) is 6.07 Å². The minimum Gasteiger partial charge on any atom is -0.383 e. The molecular formula is C20H23FN4O3. The first-order valence-corrected chi connectivity index (χ1v) is 9.43. The van der Waals surface area contributed by atoms with E-state index < -0.39 is 11.4 Å². The summed E-state index contributed by atoms with van der Waals surface area (Å²) in [5.41, 5.74) is -0.0701. The maximum absolute atomic E-state index is 13.4. The zero-order valence-corrected chi connectivity index (χ0v) is 15.8. The third-order valence-corrected chi connectivity index (χ3v) is 5.70. The van der Waals surface area contributed by atoms with Crippen molar-refractivity contribution in [3.8, 4) is 0 Å². The van der Waals surface area contributed by atoms with Crippen LogP contribution < -0.4 is 4.90 Å². The summed E-state index contributed by atoms with van der Waals surface area (Å²) in [6, 6.07) is 7.59. The van der Waals surface area contributed by atoms with Crippen molar-refractivity contribution >= 4 is 17.6 Å². The second-order valence-corrected chi connectivity index (χ2v) is 7.34. The summed E-state index contributed by atoms with van der Waals surface area (Å²) in [4.78, 5) is 29.0. The molecular weight excluding hydrogens is 363 g/mol. The Morgan fingerprint density at radius 1 is 1.29 bits per heavy atom. The van der Waals surface area contributed by atoms with Gasteiger partial charge < -0.3 is 9.64 Å². The molecule has 0 saturated carbocycles. The lowest BCUT2D eigenvalue weighted by atomic mass is 9.82. The molecule has 2 aliphatic heterocycles. The molecule has 4 rings (SSSR count). The summed E-state index contributed by atoms with van der Waals surface area (Å²) >= 11 is 0. The molecule has 3 heterocycles. The smallest absolute Gasteiger partial charge is 0.253 e. The maximum Gasteiger partial charge on any atom is 0.253 e. The monoisotopic (exact) mass is 386 g/mol. The van der Waals surface area contributed by atoms with Gasteiger partial charge >= 0.3 is 0 Å². The first kappa shape index (κ1) is 18.6. The number of amides is 2. The van der Waals surface area contributed by atoms with Crippen LogP contribution in [0.2, 0.25) is 0 Å². The van der Waals surface area contributed by atoms with Crippen LogP contribution in [0.15, 0.2) is 36.5 Å². The molecule has 1 fully saturated rings. The van der Waals surface area contributed by atoms with Gasteiger partial charge in [0.05, 0.1) is 31.3 Å². The van der Waals surface area contributed by atoms with E-state index in [9.17, 15) is 14.0 Å². The number of ether oxygens (including phenoxy) is 1. The van der Waals surface area contributed by atoms with Crippen molar-refractivity contribution in [3.63, 3.8) is 0 Å². The predicted molar refractivity (Wildman–Crippen MR) is 101 cm³/mol. The van der Waals surface area contributed by atoms with E-state index in [0.717, 1.165) is 5.82 Å². The summed E-state index contributed by atoms with van der Waals surface area (Å²) in [5, 5.41) is 4.50. The number of nitrogens with zero attached hydrogens (tertiary/aromatic N) is 4. The largest absolute Gasteiger partial charge is 0.383 e. The highest BCUT2D eigenvalue weighted by Crippen LogP contribution is 2.40. The molecule has 1 spiro atoms. The van der Waals surface area contributed by atoms with Crippen LogP contribution in [0.1, 0.15) is 29.6 Å². The van der Waals surface area contributed by atoms with E-state index in [1.165, 1.54) is 12.1 Å². The van der Waals surface area contributed by atoms with Crippen LogP contribution in [-0.4, -0.2) is 59.8 Å². The van der Waals surface area contributed by atoms with Gasteiger partial charge in [-0.05, 0) is 31.0 Å². The van der Waals surface area contributed by atoms with Crippen LogP contribution in [0.5, 0.6) is 0 Å². The molecule has 0 unspecified atom stereocenters. The Labute approximate surface area is 162 Å². The van der Waals surface area contributed by atoms with Gasteiger partial charge in [0.25, 0.3) is 5.91 Å². The van der Waals surface area contributed by atoms with Crippen molar-refractivity contribution in [1.82, 2.24) is 14.7 Å². The molecule has 0 radical (unpaired) electrons. The van der Waals surface area contributed by atoms with Crippen LogP contribution in [-0.2, 0) is 15.1 Å². The highest BCUT2D eigenvalue weighted by atomic mass is 19.1. The molecule has 1 aromatic heterocycles. The first-order chi connectivity index (χ1) is 13.5. The Morgan fingerprint density at radius 2 is 2.07 bits per heavy atom. The zero-order valence-electron chi connectivity index (χ0n) is 15.8. The van der Waals surface area contributed by atoms with Gasteiger partial charge in [0.1, 0.15) is 11.6 Å². The minimum atomic E-state index is -0.422. The third kappa shape index (κ3) is 3.17. The number of carbonyl (C=O) groups excluding carboxylic acids is 2. The van der Waals surface area contributed by atoms with Crippen LogP contribution in [0.3, 0.4) is 0 Å². The van der Waals surface area contributed by atoms with Gasteiger partial charge in [-0.15, -0.1) is 0 Å². The van der Waals surface area contributed by atoms with Crippen molar-refractivity contribution in [2.45, 2.75) is 24.8 Å². The summed E-state index contributed by atoms with van der Waals surface area (Å²) < 4.78 is 20.5. The molecule has 8 heteroatoms. The van der Waals surface area contributed by atoms with Crippen LogP contribution in [0.25, 0.3) is 0 Å². The summed E-state index contributed by atoms with van der Waals surface area (Å²) in [5.74, 6) is 0.224. The van der Waals surface area contributed by atoms with Crippen molar-refractivity contribution in [3.05, 3.63) is 47.9 Å². The van der Waals surface area contributed by atoms with Crippen molar-refractivity contribution < 1.29 is 18.7 Å². The second kappa shape index (κ2) is 7.35. The lowest BCUT2D eigenvalue weighted by Gasteiger charge is -2.46. The Balaban J connectivity index is 1.52. The average molecular weight is 386 g/mol. The molecule has 0 bridgehead atoms. The van der Waals surface area contributed by atoms with E-state index in [1.807, 2.05) is 10.7 Å². The van der Waals surface area contributed by atoms with E-state index >= 15 is 0 Å². The molecule has 1 saturated heterocycles. The quantitative estimate of drug-likeness (QED) is 0.807. The molecule has 2 aromatic rings. The number of aromatic nitrogens is 2. The molecule has 2 aliphatic rings. The van der Waals surface area contributed by atoms with E-state index in [-0.39, 0.29) is 11.8 Å². The number of anilines is 1. The van der Waals surface area contributed by atoms with Gasteiger partial charge in [0.2, 0.25) is 5.91 Å². The van der Waals surface area contributed by atoms with Crippen LogP contribution in [0.4, 0.5) is 10.2 Å². The molecule has 7 nitrogen and oxygen atoms in total. The highest BCUT2D eigenvalue weighted by molar-refractivity contribution is 5.95. The van der Waals surface area contributed by atoms with Gasteiger partial charge in [-0.2, -0.15) is 5.10 Å². The normalized spacial score (nSPS) is 18.4. The minimum absolute atomic E-state index is 0.0509. The number of fused-ring (bicyclic) bond motifs is 2. The Kier molecular flexibility index (Phi) is 4.89. The number of piperidine rings is 1. The average Bonchev–Trinajstić information content (AvgIpc) is 3.19. The fraction of sp³-hybridized carbons (Fsp3) is 0.450. The van der Waals surface area contributed by atoms with E-state index in [4.69, 9.17) is 4.74 Å². The van der Waals surface area contributed by atoms with E-state index in [0.29, 0.717) is 51.1 Å². The standard InChI is InChI=1S/C20H23FN4O3/c1-28-12-11-24-17-5-8-22-25(17)20(14-18(24)26)6-9-23(10-7-20)19(27)15-3-2-4-16(21)13-15/h2-5,8,13H,6-7,9-12,14H2,1H3. The van der Waals surface area contributed by atoms with E-state index in [2.05, 4.69) is 5.10 Å². The number of carbonyl (C=O) groups is 2. The number of rotatable bonds is 4. The summed E-state index contributed by atoms with van der Waals surface area (Å²) in [6.45, 7) is 1.95. The number of likely N-dealkylation sites (tertiary alicyclic amines) is 1. The molecule has 0 atom stereocenters. The SMILES string of the molecule is COCCN1C(=O)CC2(CCN(C(=O)c3cccc(F)c3)CC2)n2nccc21. The van der Waals surface area contributed by atoms with Crippen LogP contribution in [0, 0.1) is 5.82 Å². The summed E-state index contributed by atoms with van der Waals surface area (Å²) in [6.07, 6.45) is 3.33. The lowest BCUT2D eigenvalue weighted by molar-refractivity contribution is -0.123. The maximum atomic E-state index is 13.4. The Bertz CT molecular complexity index is 889. The lowest BCUT2D eigenvalue weighted by Crippen LogP contribution is -2.55. The highest BCUT2D eigenvalue weighted by Gasteiger charge is 2.46. The molecule has 2 amide bonds. The molecule has 1 aromatic carbocycles. The fourth-order valence-electron chi connectivity index (χ4n) is 4.19. The van der Waals surface area contributed by atoms with Crippen molar-refractivity contribution in [2.75, 3.05) is 38.3 Å². The third-order valence-electron chi connectivity index (χ3n) is 5.70. The number of methoxy groups -OCH3 is 1. The number of halogens is 1. The van der Waals surface area contributed by atoms with Crippen molar-refractivity contribution in [1.29, 1.82) is 0 Å². The van der Waals surface area contributed by atoms with Crippen molar-refractivity contribution in [2.24, 2.45) is 0 Å². The van der Waals surface area contributed by atoms with Gasteiger partial charge in [-0.25, -0.2) is 9.07 Å². The van der Waals surface area contributed by atoms with Gasteiger partial charge in [-0.3, -0.25) is 14.5 Å². The summed E-state index contributed by atoms with van der Waals surface area (Å²) in [7, 11) is 1.61. The van der Waals surface area contributed by atoms with E-state index in [1.54, 1.807) is 35.2 Å². The topological polar surface area (TPSA) is 67.7 Å².